The van der Waals surface area contributed by atoms with Crippen molar-refractivity contribution in [3.8, 4) is 22.9 Å². The molecule has 0 saturated carbocycles. The van der Waals surface area contributed by atoms with Crippen LogP contribution in [0.1, 0.15) is 30.9 Å². The molecule has 16 heteroatoms. The smallest absolute Gasteiger partial charge is 0.410 e. The number of amides is 1. The SMILES string of the molecule is Cc1ccc2c(NS(=O)(=O)CCC(F)(F)F)c(F)ccc2c1Oc1ncccc1-c1ccnc(N[C@H]2C[C@@H](C)CN(C(=O)OCc3ccccc3)C2)n1. The van der Waals surface area contributed by atoms with Crippen molar-refractivity contribution >= 4 is 38.5 Å². The van der Waals surface area contributed by atoms with Gasteiger partial charge in [-0.3, -0.25) is 4.72 Å². The number of nitrogens with one attached hydrogen (secondary N) is 2. The lowest BCUT2D eigenvalue weighted by Gasteiger charge is -2.36. The number of alkyl halides is 3. The monoisotopic (exact) mass is 752 g/mol. The lowest BCUT2D eigenvalue weighted by molar-refractivity contribution is -0.129. The third-order valence-corrected chi connectivity index (χ3v) is 9.82. The van der Waals surface area contributed by atoms with Crippen molar-refractivity contribution in [1.29, 1.82) is 0 Å². The van der Waals surface area contributed by atoms with E-state index >= 15 is 4.39 Å². The van der Waals surface area contributed by atoms with Gasteiger partial charge in [0.05, 0.1) is 29.1 Å². The van der Waals surface area contributed by atoms with E-state index in [1.54, 1.807) is 42.3 Å². The van der Waals surface area contributed by atoms with E-state index in [-0.39, 0.29) is 35.6 Å². The van der Waals surface area contributed by atoms with Crippen molar-refractivity contribution in [2.45, 2.75) is 45.5 Å². The maximum atomic E-state index is 15.0. The van der Waals surface area contributed by atoms with Crippen molar-refractivity contribution in [3.05, 3.63) is 102 Å². The summed E-state index contributed by atoms with van der Waals surface area (Å²) in [5.41, 5.74) is 1.92. The zero-order chi connectivity index (χ0) is 37.8. The van der Waals surface area contributed by atoms with Gasteiger partial charge in [0.1, 0.15) is 18.2 Å². The molecule has 1 fully saturated rings. The third kappa shape index (κ3) is 9.49. The average molecular weight is 753 g/mol. The van der Waals surface area contributed by atoms with Crippen LogP contribution in [-0.2, 0) is 21.4 Å². The Balaban J connectivity index is 1.21. The van der Waals surface area contributed by atoms with Crippen LogP contribution in [0, 0.1) is 18.7 Å². The number of aryl methyl sites for hydroxylation is 1. The summed E-state index contributed by atoms with van der Waals surface area (Å²) < 4.78 is 92.2. The van der Waals surface area contributed by atoms with Crippen molar-refractivity contribution < 1.29 is 40.2 Å². The highest BCUT2D eigenvalue weighted by Crippen LogP contribution is 2.40. The minimum absolute atomic E-state index is 0.0758. The van der Waals surface area contributed by atoms with Gasteiger partial charge in [0.2, 0.25) is 21.9 Å². The molecule has 0 unspecified atom stereocenters. The normalized spacial score (nSPS) is 16.3. The summed E-state index contributed by atoms with van der Waals surface area (Å²) in [4.78, 5) is 28.1. The fourth-order valence-corrected chi connectivity index (χ4v) is 7.22. The molecule has 0 aliphatic carbocycles. The average Bonchev–Trinajstić information content (AvgIpc) is 3.12. The molecular weight excluding hydrogens is 717 g/mol. The Morgan fingerprint density at radius 1 is 0.962 bits per heavy atom. The van der Waals surface area contributed by atoms with Gasteiger partial charge in [-0.1, -0.05) is 49.4 Å². The van der Waals surface area contributed by atoms with E-state index in [0.29, 0.717) is 41.2 Å². The van der Waals surface area contributed by atoms with Gasteiger partial charge in [-0.25, -0.2) is 32.6 Å². The number of sulfonamides is 1. The van der Waals surface area contributed by atoms with Gasteiger partial charge in [0.25, 0.3) is 0 Å². The van der Waals surface area contributed by atoms with Crippen LogP contribution in [0.4, 0.5) is 34.0 Å². The van der Waals surface area contributed by atoms with Crippen LogP contribution in [0.5, 0.6) is 11.6 Å². The molecule has 1 aliphatic rings. The molecule has 1 amide bonds. The highest BCUT2D eigenvalue weighted by atomic mass is 32.2. The summed E-state index contributed by atoms with van der Waals surface area (Å²) in [6.07, 6.45) is -2.86. The molecule has 0 spiro atoms. The molecule has 2 N–H and O–H groups in total. The number of ether oxygens (including phenoxy) is 2. The number of aromatic nitrogens is 3. The first-order chi connectivity index (χ1) is 25.2. The summed E-state index contributed by atoms with van der Waals surface area (Å²) in [6.45, 7) is 4.89. The molecule has 0 radical (unpaired) electrons. The topological polar surface area (TPSA) is 136 Å². The fraction of sp³-hybridized carbons (Fsp3) is 0.297. The molecule has 1 saturated heterocycles. The Morgan fingerprint density at radius 2 is 1.74 bits per heavy atom. The first-order valence-electron chi connectivity index (χ1n) is 16.7. The maximum absolute atomic E-state index is 15.0. The van der Waals surface area contributed by atoms with E-state index < -0.39 is 46.0 Å². The van der Waals surface area contributed by atoms with E-state index in [1.807, 2.05) is 35.1 Å². The number of benzene rings is 3. The van der Waals surface area contributed by atoms with Gasteiger partial charge in [-0.2, -0.15) is 13.2 Å². The van der Waals surface area contributed by atoms with Gasteiger partial charge in [-0.15, -0.1) is 0 Å². The molecule has 53 heavy (non-hydrogen) atoms. The second-order valence-corrected chi connectivity index (χ2v) is 14.7. The molecule has 0 bridgehead atoms. The number of anilines is 2. The zero-order valence-electron chi connectivity index (χ0n) is 28.7. The number of carbonyl (C=O) groups is 1. The summed E-state index contributed by atoms with van der Waals surface area (Å²) >= 11 is 0. The number of hydrogen-bond acceptors (Lipinski definition) is 9. The van der Waals surface area contributed by atoms with E-state index in [2.05, 4.69) is 22.2 Å². The highest BCUT2D eigenvalue weighted by molar-refractivity contribution is 7.92. The molecule has 5 aromatic rings. The maximum Gasteiger partial charge on any atom is 0.410 e. The van der Waals surface area contributed by atoms with E-state index in [0.717, 1.165) is 18.1 Å². The Hall–Kier alpha value is -5.51. The van der Waals surface area contributed by atoms with Crippen molar-refractivity contribution in [2.75, 3.05) is 28.9 Å². The molecule has 278 valence electrons. The van der Waals surface area contributed by atoms with Crippen LogP contribution in [0.3, 0.4) is 0 Å². The van der Waals surface area contributed by atoms with Crippen LogP contribution in [-0.4, -0.2) is 65.4 Å². The largest absolute Gasteiger partial charge is 0.445 e. The number of piperidine rings is 1. The van der Waals surface area contributed by atoms with Gasteiger partial charge < -0.3 is 19.7 Å². The van der Waals surface area contributed by atoms with Gasteiger partial charge in [-0.05, 0) is 60.7 Å². The lowest BCUT2D eigenvalue weighted by Crippen LogP contribution is -2.48. The summed E-state index contributed by atoms with van der Waals surface area (Å²) in [7, 11) is -4.55. The van der Waals surface area contributed by atoms with Crippen LogP contribution in [0.2, 0.25) is 0 Å². The van der Waals surface area contributed by atoms with Gasteiger partial charge in [0, 0.05) is 42.3 Å². The molecule has 1 aliphatic heterocycles. The van der Waals surface area contributed by atoms with E-state index in [4.69, 9.17) is 14.5 Å². The van der Waals surface area contributed by atoms with Crippen LogP contribution < -0.4 is 14.8 Å². The number of rotatable bonds is 11. The summed E-state index contributed by atoms with van der Waals surface area (Å²) in [5, 5.41) is 3.71. The Morgan fingerprint density at radius 3 is 2.51 bits per heavy atom. The number of halogens is 4. The fourth-order valence-electron chi connectivity index (χ4n) is 6.10. The number of nitrogens with zero attached hydrogens (tertiary/aromatic N) is 4. The Kier molecular flexibility index (Phi) is 11.0. The first-order valence-corrected chi connectivity index (χ1v) is 18.4. The number of likely N-dealkylation sites (tertiary alicyclic amines) is 1. The van der Waals surface area contributed by atoms with Crippen molar-refractivity contribution in [2.24, 2.45) is 5.92 Å². The molecule has 2 aromatic heterocycles. The predicted molar refractivity (Wildman–Crippen MR) is 191 cm³/mol. The van der Waals surface area contributed by atoms with Crippen LogP contribution in [0.25, 0.3) is 22.0 Å². The quantitative estimate of drug-likeness (QED) is 0.128. The van der Waals surface area contributed by atoms with E-state index in [1.165, 1.54) is 18.3 Å². The number of carbonyl (C=O) groups excluding carboxylic acids is 1. The van der Waals surface area contributed by atoms with Crippen molar-refractivity contribution in [1.82, 2.24) is 19.9 Å². The molecule has 11 nitrogen and oxygen atoms in total. The predicted octanol–water partition coefficient (Wildman–Crippen LogP) is 8.08. The first kappa shape index (κ1) is 37.3. The molecule has 3 aromatic carbocycles. The molecule has 3 heterocycles. The summed E-state index contributed by atoms with van der Waals surface area (Å²) in [6, 6.07) is 19.8. The minimum Gasteiger partial charge on any atom is -0.445 e. The molecular formula is C37H36F4N6O5S. The molecule has 2 atom stereocenters. The number of fused-ring (bicyclic) bond motifs is 1. The van der Waals surface area contributed by atoms with Crippen LogP contribution >= 0.6 is 0 Å². The van der Waals surface area contributed by atoms with Crippen LogP contribution in [0.15, 0.2) is 85.2 Å². The zero-order valence-corrected chi connectivity index (χ0v) is 29.5. The van der Waals surface area contributed by atoms with Gasteiger partial charge in [0.15, 0.2) is 0 Å². The number of pyridine rings is 1. The Bertz CT molecular complexity index is 2210. The lowest BCUT2D eigenvalue weighted by atomic mass is 9.96. The molecule has 6 rings (SSSR count). The third-order valence-electron chi connectivity index (χ3n) is 8.57. The van der Waals surface area contributed by atoms with Gasteiger partial charge >= 0.3 is 12.3 Å². The highest BCUT2D eigenvalue weighted by Gasteiger charge is 2.31. The second-order valence-electron chi connectivity index (χ2n) is 12.9. The van der Waals surface area contributed by atoms with E-state index in [9.17, 15) is 26.4 Å². The Labute approximate surface area is 303 Å². The second kappa shape index (κ2) is 15.6. The minimum atomic E-state index is -4.71. The standard InChI is InChI=1S/C37H36F4N6O5S/c1-23-19-26(21-47(20-23)36(48)51-22-25-7-4-3-5-8-25)44-35-43-17-14-31(45-35)29-9-6-16-42-34(29)52-33-24(2)10-11-27-28(33)12-13-30(38)32(27)46-53(49,50)18-15-37(39,40)41/h3-14,16-17,23,26,46H,15,18-22H2,1-2H3,(H,43,44,45)/t23-,26+/m1/s1. The van der Waals surface area contributed by atoms with Crippen molar-refractivity contribution in [3.63, 3.8) is 0 Å². The summed E-state index contributed by atoms with van der Waals surface area (Å²) in [5.74, 6) is -1.40. The number of hydrogen-bond donors (Lipinski definition) is 2.